The summed E-state index contributed by atoms with van der Waals surface area (Å²) in [4.78, 5) is 32.4. The van der Waals surface area contributed by atoms with Gasteiger partial charge in [0.2, 0.25) is 5.78 Å². The molecule has 33 heavy (non-hydrogen) atoms. The van der Waals surface area contributed by atoms with Gasteiger partial charge in [0, 0.05) is 40.7 Å². The molecule has 8 nitrogen and oxygen atoms in total. The van der Waals surface area contributed by atoms with Crippen molar-refractivity contribution in [2.45, 2.75) is 37.5 Å². The molecule has 0 atom stereocenters. The minimum atomic E-state index is -3.53. The van der Waals surface area contributed by atoms with E-state index < -0.39 is 16.0 Å². The molecule has 0 saturated carbocycles. The van der Waals surface area contributed by atoms with Crippen LogP contribution in [0.4, 0.5) is 0 Å². The number of Topliss-reactive ketones (excluding diaryl/α,β-unsaturated/α-hetero) is 1. The van der Waals surface area contributed by atoms with E-state index in [1.165, 1.54) is 0 Å². The number of para-hydroxylation sites is 1. The van der Waals surface area contributed by atoms with Gasteiger partial charge >= 0.3 is 5.97 Å². The smallest absolute Gasteiger partial charge is 0.306 e. The number of hydrogen-bond acceptors (Lipinski definition) is 6. The summed E-state index contributed by atoms with van der Waals surface area (Å²) in [6.45, 7) is 1.99. The average molecular weight is 468 g/mol. The second kappa shape index (κ2) is 9.58. The first-order valence-electron chi connectivity index (χ1n) is 10.8. The third kappa shape index (κ3) is 4.98. The number of amidine groups is 1. The van der Waals surface area contributed by atoms with E-state index in [1.807, 2.05) is 31.2 Å². The summed E-state index contributed by atoms with van der Waals surface area (Å²) in [6.07, 6.45) is 2.25. The van der Waals surface area contributed by atoms with Crippen LogP contribution in [0.3, 0.4) is 0 Å². The molecule has 0 unspecified atom stereocenters. The van der Waals surface area contributed by atoms with E-state index in [2.05, 4.69) is 14.7 Å². The summed E-state index contributed by atoms with van der Waals surface area (Å²) in [5.74, 6) is -0.283. The van der Waals surface area contributed by atoms with Gasteiger partial charge in [-0.15, -0.1) is 0 Å². The zero-order valence-corrected chi connectivity index (χ0v) is 19.1. The molecule has 1 aliphatic heterocycles. The van der Waals surface area contributed by atoms with Crippen molar-refractivity contribution < 1.29 is 22.7 Å². The van der Waals surface area contributed by atoms with Crippen LogP contribution in [0.5, 0.6) is 0 Å². The Balaban J connectivity index is 1.19. The number of H-pyrrole nitrogens is 1. The van der Waals surface area contributed by atoms with Gasteiger partial charge in [-0.05, 0) is 38.0 Å². The molecule has 0 radical (unpaired) electrons. The lowest BCUT2D eigenvalue weighted by Gasteiger charge is -2.05. The average Bonchev–Trinajstić information content (AvgIpc) is 3.27. The first-order chi connectivity index (χ1) is 15.9. The number of ketones is 1. The van der Waals surface area contributed by atoms with Gasteiger partial charge in [0.05, 0.1) is 4.90 Å². The number of benzene rings is 2. The zero-order chi connectivity index (χ0) is 23.4. The Morgan fingerprint density at radius 2 is 1.76 bits per heavy atom. The van der Waals surface area contributed by atoms with Crippen LogP contribution in [0, 0.1) is 6.92 Å². The topological polar surface area (TPSA) is 118 Å². The van der Waals surface area contributed by atoms with E-state index in [0.717, 1.165) is 23.0 Å². The molecule has 2 aromatic carbocycles. The molecule has 2 heterocycles. The van der Waals surface area contributed by atoms with Crippen LogP contribution in [-0.4, -0.2) is 44.1 Å². The monoisotopic (exact) mass is 467 g/mol. The summed E-state index contributed by atoms with van der Waals surface area (Å²) >= 11 is 0. The third-order valence-corrected chi connectivity index (χ3v) is 6.91. The van der Waals surface area contributed by atoms with Gasteiger partial charge in [-0.2, -0.15) is 0 Å². The summed E-state index contributed by atoms with van der Waals surface area (Å²) in [5, 5.41) is 0.824. The minimum Gasteiger partial charge on any atom is -0.457 e. The number of nitrogens with zero attached hydrogens (tertiary/aromatic N) is 1. The molecule has 4 rings (SSSR count). The van der Waals surface area contributed by atoms with Crippen LogP contribution < -0.4 is 4.72 Å². The van der Waals surface area contributed by atoms with Crippen LogP contribution in [0.1, 0.15) is 47.3 Å². The van der Waals surface area contributed by atoms with Gasteiger partial charge in [0.25, 0.3) is 10.0 Å². The number of aromatic nitrogens is 1. The molecule has 1 aromatic heterocycles. The molecule has 172 valence electrons. The number of carbonyl (C=O) groups is 2. The van der Waals surface area contributed by atoms with Crippen LogP contribution in [0.2, 0.25) is 0 Å². The van der Waals surface area contributed by atoms with Crippen LogP contribution >= 0.6 is 0 Å². The number of rotatable bonds is 9. The number of aliphatic imine (C=N–C) groups is 1. The highest BCUT2D eigenvalue weighted by Gasteiger charge is 2.29. The number of esters is 1. The van der Waals surface area contributed by atoms with E-state index in [9.17, 15) is 18.0 Å². The minimum absolute atomic E-state index is 0.214. The predicted molar refractivity (Wildman–Crippen MR) is 125 cm³/mol. The Morgan fingerprint density at radius 3 is 2.61 bits per heavy atom. The molecule has 0 amide bonds. The number of carbonyl (C=O) groups excluding carboxylic acids is 2. The van der Waals surface area contributed by atoms with Crippen LogP contribution in [0.25, 0.3) is 10.9 Å². The largest absolute Gasteiger partial charge is 0.457 e. The molecule has 9 heteroatoms. The Morgan fingerprint density at radius 1 is 1.00 bits per heavy atom. The third-order valence-electron chi connectivity index (χ3n) is 5.51. The number of sulfonamides is 1. The number of hydrogen-bond donors (Lipinski definition) is 2. The van der Waals surface area contributed by atoms with Gasteiger partial charge in [-0.25, -0.2) is 8.42 Å². The molecule has 0 saturated heterocycles. The van der Waals surface area contributed by atoms with Crippen molar-refractivity contribution in [1.82, 2.24) is 9.71 Å². The molecular weight excluding hydrogens is 442 g/mol. The molecule has 0 bridgehead atoms. The van der Waals surface area contributed by atoms with Crippen LogP contribution in [0.15, 0.2) is 58.4 Å². The fourth-order valence-corrected chi connectivity index (χ4v) is 5.18. The number of fused-ring (bicyclic) bond motifs is 2. The Labute approximate surface area is 192 Å². The maximum absolute atomic E-state index is 12.6. The molecule has 0 aliphatic carbocycles. The van der Waals surface area contributed by atoms with Crippen molar-refractivity contribution in [1.29, 1.82) is 0 Å². The van der Waals surface area contributed by atoms with E-state index in [-0.39, 0.29) is 23.7 Å². The normalized spacial score (nSPS) is 15.4. The Kier molecular flexibility index (Phi) is 6.60. The van der Waals surface area contributed by atoms with Crippen molar-refractivity contribution >= 4 is 38.5 Å². The van der Waals surface area contributed by atoms with Crippen molar-refractivity contribution in [3.8, 4) is 0 Å². The van der Waals surface area contributed by atoms with Gasteiger partial charge in [0.15, 0.2) is 6.61 Å². The molecule has 2 N–H and O–H groups in total. The van der Waals surface area contributed by atoms with Gasteiger partial charge < -0.3 is 9.72 Å². The highest BCUT2D eigenvalue weighted by molar-refractivity contribution is 7.90. The zero-order valence-electron chi connectivity index (χ0n) is 18.3. The number of aryl methyl sites for hydroxylation is 1. The number of unbranched alkanes of at least 4 members (excludes halogenated alkanes) is 2. The number of nitrogens with one attached hydrogen (secondary N) is 2. The summed E-state index contributed by atoms with van der Waals surface area (Å²) < 4.78 is 31.8. The lowest BCUT2D eigenvalue weighted by Crippen LogP contribution is -2.22. The van der Waals surface area contributed by atoms with Gasteiger partial charge in [0.1, 0.15) is 5.84 Å². The Hall–Kier alpha value is -3.46. The van der Waals surface area contributed by atoms with E-state index >= 15 is 0 Å². The molecular formula is C24H25N3O5S. The van der Waals surface area contributed by atoms with Crippen molar-refractivity contribution in [3.63, 3.8) is 0 Å². The lowest BCUT2D eigenvalue weighted by atomic mass is 10.1. The standard InChI is InChI=1S/C24H25N3O5S/c1-16-23(17-9-4-6-11-19(17)26-16)20(28)15-32-22(29)13-3-2-8-14-25-24-18-10-5-7-12-21(18)33(30,31)27-24/h4-7,9-12,26H,2-3,8,13-15H2,1H3,(H,25,27). The second-order valence-electron chi connectivity index (χ2n) is 7.90. The predicted octanol–water partition coefficient (Wildman–Crippen LogP) is 3.50. The first-order valence-corrected chi connectivity index (χ1v) is 12.3. The lowest BCUT2D eigenvalue weighted by molar-refractivity contribution is -0.142. The van der Waals surface area contributed by atoms with E-state index in [0.29, 0.717) is 36.3 Å². The maximum atomic E-state index is 12.6. The Bertz CT molecular complexity index is 1340. The van der Waals surface area contributed by atoms with Gasteiger partial charge in [-0.1, -0.05) is 36.8 Å². The number of aromatic amines is 1. The number of ether oxygens (including phenoxy) is 1. The molecule has 1 aliphatic rings. The van der Waals surface area contributed by atoms with Crippen molar-refractivity contribution in [3.05, 3.63) is 65.4 Å². The quantitative estimate of drug-likeness (QED) is 0.284. The molecule has 0 spiro atoms. The summed E-state index contributed by atoms with van der Waals surface area (Å²) in [7, 11) is -3.53. The summed E-state index contributed by atoms with van der Waals surface area (Å²) in [6, 6.07) is 14.2. The van der Waals surface area contributed by atoms with Gasteiger partial charge in [-0.3, -0.25) is 19.3 Å². The van der Waals surface area contributed by atoms with E-state index in [4.69, 9.17) is 4.74 Å². The van der Waals surface area contributed by atoms with Crippen LogP contribution in [-0.2, 0) is 19.6 Å². The SMILES string of the molecule is Cc1[nH]c2ccccc2c1C(=O)COC(=O)CCCCCN=C1NS(=O)(=O)c2ccccc21. The van der Waals surface area contributed by atoms with E-state index in [1.54, 1.807) is 24.3 Å². The summed E-state index contributed by atoms with van der Waals surface area (Å²) in [5.41, 5.74) is 2.77. The van der Waals surface area contributed by atoms with Crippen molar-refractivity contribution in [2.75, 3.05) is 13.2 Å². The highest BCUT2D eigenvalue weighted by Crippen LogP contribution is 2.23. The maximum Gasteiger partial charge on any atom is 0.306 e. The fourth-order valence-electron chi connectivity index (χ4n) is 3.93. The van der Waals surface area contributed by atoms with Crippen molar-refractivity contribution in [2.24, 2.45) is 4.99 Å². The molecule has 3 aromatic rings. The molecule has 0 fully saturated rings. The second-order valence-corrected chi connectivity index (χ2v) is 9.55. The first kappa shape index (κ1) is 22.7. The highest BCUT2D eigenvalue weighted by atomic mass is 32.2. The fraction of sp³-hybridized carbons (Fsp3) is 0.292.